The molecular formula is C19H22O4. The van der Waals surface area contributed by atoms with Crippen LogP contribution in [0.4, 0.5) is 0 Å². The third-order valence-corrected chi connectivity index (χ3v) is 3.20. The van der Waals surface area contributed by atoms with Gasteiger partial charge in [-0.15, -0.1) is 0 Å². The zero-order chi connectivity index (χ0) is 16.5. The third-order valence-electron chi connectivity index (χ3n) is 3.20. The van der Waals surface area contributed by atoms with Crippen molar-refractivity contribution >= 4 is 5.97 Å². The van der Waals surface area contributed by atoms with E-state index in [-0.39, 0.29) is 12.1 Å². The van der Waals surface area contributed by atoms with E-state index in [2.05, 4.69) is 0 Å². The lowest BCUT2D eigenvalue weighted by molar-refractivity contribution is 0.00439. The molecule has 2 aromatic rings. The van der Waals surface area contributed by atoms with Crippen LogP contribution in [-0.2, 0) is 16.1 Å². The molecule has 0 aliphatic heterocycles. The molecule has 0 spiro atoms. The molecule has 4 heteroatoms. The van der Waals surface area contributed by atoms with Crippen LogP contribution in [0.25, 0.3) is 0 Å². The average Bonchev–Trinajstić information content (AvgIpc) is 2.59. The molecule has 0 fully saturated rings. The lowest BCUT2D eigenvalue weighted by atomic mass is 10.2. The van der Waals surface area contributed by atoms with Crippen LogP contribution in [0.2, 0.25) is 0 Å². The Bertz CT molecular complexity index is 593. The van der Waals surface area contributed by atoms with Crippen molar-refractivity contribution < 1.29 is 19.0 Å². The summed E-state index contributed by atoms with van der Waals surface area (Å²) in [7, 11) is 0. The molecule has 0 amide bonds. The highest BCUT2D eigenvalue weighted by Gasteiger charge is 2.12. The summed E-state index contributed by atoms with van der Waals surface area (Å²) in [5.41, 5.74) is 1.60. The van der Waals surface area contributed by atoms with E-state index in [9.17, 15) is 4.79 Å². The van der Waals surface area contributed by atoms with Gasteiger partial charge in [0.1, 0.15) is 18.5 Å². The standard InChI is InChI=1S/C19H22O4/c1-3-21-13-15(2)23-19(20)17-9-11-18(12-10-17)22-14-16-7-5-4-6-8-16/h4-12,15H,3,13-14H2,1-2H3/t15-/m0/s1. The molecule has 0 unspecified atom stereocenters. The second kappa shape index (κ2) is 8.96. The Kier molecular flexibility index (Phi) is 6.63. The minimum absolute atomic E-state index is 0.267. The van der Waals surface area contributed by atoms with Gasteiger partial charge in [-0.3, -0.25) is 0 Å². The molecule has 0 N–H and O–H groups in total. The number of hydrogen-bond acceptors (Lipinski definition) is 4. The zero-order valence-corrected chi connectivity index (χ0v) is 13.5. The van der Waals surface area contributed by atoms with Crippen molar-refractivity contribution in [3.63, 3.8) is 0 Å². The van der Waals surface area contributed by atoms with Gasteiger partial charge in [-0.25, -0.2) is 4.79 Å². The van der Waals surface area contributed by atoms with Crippen LogP contribution < -0.4 is 4.74 Å². The number of carbonyl (C=O) groups is 1. The number of esters is 1. The van der Waals surface area contributed by atoms with E-state index >= 15 is 0 Å². The molecule has 122 valence electrons. The highest BCUT2D eigenvalue weighted by molar-refractivity contribution is 5.89. The molecule has 0 aromatic heterocycles. The predicted molar refractivity (Wildman–Crippen MR) is 88.6 cm³/mol. The first-order valence-electron chi connectivity index (χ1n) is 7.74. The van der Waals surface area contributed by atoms with Gasteiger partial charge in [0.2, 0.25) is 0 Å². The van der Waals surface area contributed by atoms with E-state index in [1.807, 2.05) is 44.2 Å². The first-order valence-corrected chi connectivity index (χ1v) is 7.74. The monoisotopic (exact) mass is 314 g/mol. The highest BCUT2D eigenvalue weighted by atomic mass is 16.6. The fraction of sp³-hybridized carbons (Fsp3) is 0.316. The van der Waals surface area contributed by atoms with E-state index in [4.69, 9.17) is 14.2 Å². The van der Waals surface area contributed by atoms with E-state index < -0.39 is 0 Å². The molecule has 0 aliphatic rings. The molecule has 0 saturated heterocycles. The Hall–Kier alpha value is -2.33. The zero-order valence-electron chi connectivity index (χ0n) is 13.5. The van der Waals surface area contributed by atoms with Crippen LogP contribution >= 0.6 is 0 Å². The second-order valence-corrected chi connectivity index (χ2v) is 5.17. The summed E-state index contributed by atoms with van der Waals surface area (Å²) in [6, 6.07) is 16.9. The Labute approximate surface area is 137 Å². The van der Waals surface area contributed by atoms with Gasteiger partial charge >= 0.3 is 5.97 Å². The van der Waals surface area contributed by atoms with Gasteiger partial charge in [0.05, 0.1) is 12.2 Å². The summed E-state index contributed by atoms with van der Waals surface area (Å²) in [4.78, 5) is 12.0. The van der Waals surface area contributed by atoms with Crippen LogP contribution in [0.5, 0.6) is 5.75 Å². The minimum Gasteiger partial charge on any atom is -0.489 e. The van der Waals surface area contributed by atoms with Crippen LogP contribution in [0, 0.1) is 0 Å². The van der Waals surface area contributed by atoms with Gasteiger partial charge in [-0.1, -0.05) is 30.3 Å². The van der Waals surface area contributed by atoms with Gasteiger partial charge in [-0.05, 0) is 43.7 Å². The molecule has 1 atom stereocenters. The third kappa shape index (κ3) is 5.75. The molecule has 4 nitrogen and oxygen atoms in total. The summed E-state index contributed by atoms with van der Waals surface area (Å²) < 4.78 is 16.2. The van der Waals surface area contributed by atoms with Crippen LogP contribution in [0.15, 0.2) is 54.6 Å². The van der Waals surface area contributed by atoms with Crippen molar-refractivity contribution in [2.75, 3.05) is 13.2 Å². The van der Waals surface area contributed by atoms with Crippen molar-refractivity contribution in [1.29, 1.82) is 0 Å². The predicted octanol–water partition coefficient (Wildman–Crippen LogP) is 3.85. The second-order valence-electron chi connectivity index (χ2n) is 5.17. The lowest BCUT2D eigenvalue weighted by Crippen LogP contribution is -2.20. The lowest BCUT2D eigenvalue weighted by Gasteiger charge is -2.13. The number of ether oxygens (including phenoxy) is 3. The van der Waals surface area contributed by atoms with Crippen LogP contribution in [0.3, 0.4) is 0 Å². The molecule has 2 aromatic carbocycles. The molecule has 2 rings (SSSR count). The van der Waals surface area contributed by atoms with E-state index in [0.717, 1.165) is 5.56 Å². The smallest absolute Gasteiger partial charge is 0.338 e. The van der Waals surface area contributed by atoms with Crippen molar-refractivity contribution in [3.05, 3.63) is 65.7 Å². The van der Waals surface area contributed by atoms with Gasteiger partial charge in [0, 0.05) is 6.61 Å². The SMILES string of the molecule is CCOC[C@H](C)OC(=O)c1ccc(OCc2ccccc2)cc1. The maximum absolute atomic E-state index is 12.0. The molecule has 0 bridgehead atoms. The highest BCUT2D eigenvalue weighted by Crippen LogP contribution is 2.15. The van der Waals surface area contributed by atoms with Crippen molar-refractivity contribution in [2.45, 2.75) is 26.6 Å². The molecular weight excluding hydrogens is 292 g/mol. The van der Waals surface area contributed by atoms with Gasteiger partial charge in [-0.2, -0.15) is 0 Å². The quantitative estimate of drug-likeness (QED) is 0.694. The maximum atomic E-state index is 12.0. The van der Waals surface area contributed by atoms with Gasteiger partial charge < -0.3 is 14.2 Å². The van der Waals surface area contributed by atoms with Crippen LogP contribution in [-0.4, -0.2) is 25.3 Å². The number of rotatable bonds is 8. The molecule has 0 aliphatic carbocycles. The number of carbonyl (C=O) groups excluding carboxylic acids is 1. The average molecular weight is 314 g/mol. The summed E-state index contributed by atoms with van der Waals surface area (Å²) in [6.45, 7) is 5.22. The fourth-order valence-corrected chi connectivity index (χ4v) is 2.00. The molecule has 0 radical (unpaired) electrons. The fourth-order valence-electron chi connectivity index (χ4n) is 2.00. The number of hydrogen-bond donors (Lipinski definition) is 0. The van der Waals surface area contributed by atoms with Crippen molar-refractivity contribution in [3.8, 4) is 5.75 Å². The Morgan fingerprint density at radius 3 is 2.39 bits per heavy atom. The maximum Gasteiger partial charge on any atom is 0.338 e. The minimum atomic E-state index is -0.355. The first kappa shape index (κ1) is 17.0. The summed E-state index contributed by atoms with van der Waals surface area (Å²) >= 11 is 0. The molecule has 0 saturated carbocycles. The largest absolute Gasteiger partial charge is 0.489 e. The van der Waals surface area contributed by atoms with E-state index in [1.165, 1.54) is 0 Å². The summed E-state index contributed by atoms with van der Waals surface area (Å²) in [5.74, 6) is 0.361. The molecule has 0 heterocycles. The van der Waals surface area contributed by atoms with Crippen LogP contribution in [0.1, 0.15) is 29.8 Å². The Morgan fingerprint density at radius 2 is 1.74 bits per heavy atom. The van der Waals surface area contributed by atoms with E-state index in [0.29, 0.717) is 31.1 Å². The number of benzene rings is 2. The van der Waals surface area contributed by atoms with Crippen molar-refractivity contribution in [2.24, 2.45) is 0 Å². The van der Waals surface area contributed by atoms with Crippen molar-refractivity contribution in [1.82, 2.24) is 0 Å². The summed E-state index contributed by atoms with van der Waals surface area (Å²) in [5, 5.41) is 0. The Morgan fingerprint density at radius 1 is 1.04 bits per heavy atom. The van der Waals surface area contributed by atoms with Gasteiger partial charge in [0.25, 0.3) is 0 Å². The first-order chi connectivity index (χ1) is 11.2. The normalized spacial score (nSPS) is 11.7. The molecule has 23 heavy (non-hydrogen) atoms. The Balaban J connectivity index is 1.85. The topological polar surface area (TPSA) is 44.8 Å². The van der Waals surface area contributed by atoms with Gasteiger partial charge in [0.15, 0.2) is 0 Å². The van der Waals surface area contributed by atoms with E-state index in [1.54, 1.807) is 24.3 Å². The summed E-state index contributed by atoms with van der Waals surface area (Å²) in [6.07, 6.45) is -0.267.